The number of aromatic amines is 1. The molecule has 2 aliphatic rings. The first kappa shape index (κ1) is 25.7. The predicted molar refractivity (Wildman–Crippen MR) is 144 cm³/mol. The van der Waals surface area contributed by atoms with Crippen molar-refractivity contribution in [2.45, 2.75) is 69.4 Å². The molecule has 11 heteroatoms. The first-order valence-electron chi connectivity index (χ1n) is 13.7. The zero-order valence-corrected chi connectivity index (χ0v) is 21.9. The van der Waals surface area contributed by atoms with Gasteiger partial charge in [0.15, 0.2) is 0 Å². The molecule has 2 aliphatic carbocycles. The van der Waals surface area contributed by atoms with Gasteiger partial charge in [-0.15, -0.1) is 0 Å². The minimum atomic E-state index is -2.53. The van der Waals surface area contributed by atoms with Gasteiger partial charge in [-0.3, -0.25) is 4.79 Å². The fourth-order valence-corrected chi connectivity index (χ4v) is 5.80. The quantitative estimate of drug-likeness (QED) is 0.299. The normalized spacial score (nSPS) is 21.8. The van der Waals surface area contributed by atoms with E-state index in [0.29, 0.717) is 36.5 Å². The number of aromatic nitrogens is 5. The molecule has 0 atom stereocenters. The second-order valence-electron chi connectivity index (χ2n) is 10.8. The molecule has 0 unspecified atom stereocenters. The van der Waals surface area contributed by atoms with Crippen LogP contribution >= 0.6 is 0 Å². The number of halogens is 2. The van der Waals surface area contributed by atoms with Crippen molar-refractivity contribution in [2.75, 3.05) is 19.0 Å². The van der Waals surface area contributed by atoms with Crippen LogP contribution < -0.4 is 10.6 Å². The Morgan fingerprint density at radius 3 is 2.74 bits per heavy atom. The summed E-state index contributed by atoms with van der Waals surface area (Å²) in [5.41, 5.74) is 3.77. The third kappa shape index (κ3) is 5.45. The summed E-state index contributed by atoms with van der Waals surface area (Å²) in [6.45, 7) is 0.575. The Balaban J connectivity index is 1.16. The Labute approximate surface area is 224 Å². The number of amides is 1. The van der Waals surface area contributed by atoms with Gasteiger partial charge in [-0.05, 0) is 62.1 Å². The molecule has 206 valence electrons. The number of nitrogens with one attached hydrogen (secondary N) is 3. The summed E-state index contributed by atoms with van der Waals surface area (Å²) < 4.78 is 34.0. The molecule has 2 saturated carbocycles. The number of carbonyl (C=O) groups is 1. The summed E-state index contributed by atoms with van der Waals surface area (Å²) in [6.07, 6.45) is 11.9. The molecule has 9 nitrogen and oxygen atoms in total. The Morgan fingerprint density at radius 2 is 1.97 bits per heavy atom. The molecule has 3 N–H and O–H groups in total. The Morgan fingerprint density at radius 1 is 1.18 bits per heavy atom. The number of rotatable bonds is 7. The lowest BCUT2D eigenvalue weighted by Gasteiger charge is -2.28. The van der Waals surface area contributed by atoms with Gasteiger partial charge < -0.3 is 20.4 Å². The van der Waals surface area contributed by atoms with Gasteiger partial charge in [0.25, 0.3) is 5.91 Å². The maximum absolute atomic E-state index is 13.4. The lowest BCUT2D eigenvalue weighted by Crippen LogP contribution is -2.38. The average Bonchev–Trinajstić information content (AvgIpc) is 3.56. The Hall–Kier alpha value is -3.60. The highest BCUT2D eigenvalue weighted by atomic mass is 19.3. The fraction of sp³-hybridized carbons (Fsp3) is 0.500. The van der Waals surface area contributed by atoms with Crippen LogP contribution in [0.25, 0.3) is 27.7 Å². The van der Waals surface area contributed by atoms with Gasteiger partial charge in [-0.2, -0.15) is 10.1 Å². The second-order valence-corrected chi connectivity index (χ2v) is 10.8. The number of ether oxygens (including phenoxy) is 1. The molecule has 4 aromatic heterocycles. The molecule has 0 spiro atoms. The van der Waals surface area contributed by atoms with E-state index in [1.807, 2.05) is 24.5 Å². The average molecular weight is 538 g/mol. The lowest BCUT2D eigenvalue weighted by molar-refractivity contribution is -0.0443. The fourth-order valence-electron chi connectivity index (χ4n) is 5.80. The molecule has 2 fully saturated rings. The van der Waals surface area contributed by atoms with Gasteiger partial charge in [0.2, 0.25) is 11.9 Å². The molecular formula is C28H33F2N7O2. The third-order valence-corrected chi connectivity index (χ3v) is 8.24. The Kier molecular flexibility index (Phi) is 6.92. The van der Waals surface area contributed by atoms with Crippen molar-refractivity contribution in [3.63, 3.8) is 0 Å². The molecule has 39 heavy (non-hydrogen) atoms. The third-order valence-electron chi connectivity index (χ3n) is 8.24. The van der Waals surface area contributed by atoms with E-state index in [9.17, 15) is 13.6 Å². The predicted octanol–water partition coefficient (Wildman–Crippen LogP) is 5.20. The second kappa shape index (κ2) is 10.5. The van der Waals surface area contributed by atoms with E-state index in [2.05, 4.69) is 30.7 Å². The van der Waals surface area contributed by atoms with Crippen LogP contribution in [0, 0.1) is 5.92 Å². The van der Waals surface area contributed by atoms with Crippen molar-refractivity contribution in [1.29, 1.82) is 0 Å². The summed E-state index contributed by atoms with van der Waals surface area (Å²) in [7, 11) is 1.74. The van der Waals surface area contributed by atoms with Crippen LogP contribution in [0.4, 0.5) is 14.7 Å². The molecule has 0 bridgehead atoms. The number of hydrogen-bond acceptors (Lipinski definition) is 6. The van der Waals surface area contributed by atoms with Crippen LogP contribution in [0.15, 0.2) is 36.9 Å². The van der Waals surface area contributed by atoms with Gasteiger partial charge in [0, 0.05) is 62.1 Å². The largest absolute Gasteiger partial charge is 0.381 e. The Bertz CT molecular complexity index is 1470. The monoisotopic (exact) mass is 537 g/mol. The van der Waals surface area contributed by atoms with Crippen LogP contribution in [0.5, 0.6) is 0 Å². The minimum Gasteiger partial charge on any atom is -0.381 e. The van der Waals surface area contributed by atoms with E-state index in [-0.39, 0.29) is 36.8 Å². The zero-order chi connectivity index (χ0) is 27.0. The van der Waals surface area contributed by atoms with Gasteiger partial charge in [-0.25, -0.2) is 18.3 Å². The van der Waals surface area contributed by atoms with Crippen LogP contribution in [-0.2, 0) is 4.74 Å². The number of pyridine rings is 1. The maximum Gasteiger partial charge on any atom is 0.255 e. The molecule has 0 aromatic carbocycles. The van der Waals surface area contributed by atoms with Crippen LogP contribution in [0.3, 0.4) is 0 Å². The smallest absolute Gasteiger partial charge is 0.255 e. The summed E-state index contributed by atoms with van der Waals surface area (Å²) in [5.74, 6) is -1.99. The van der Waals surface area contributed by atoms with Crippen molar-refractivity contribution in [3.8, 4) is 11.1 Å². The molecular weight excluding hydrogens is 504 g/mol. The number of carbonyl (C=O) groups excluding carboxylic acids is 1. The van der Waals surface area contributed by atoms with Gasteiger partial charge >= 0.3 is 0 Å². The molecule has 6 rings (SSSR count). The van der Waals surface area contributed by atoms with Crippen LogP contribution in [0.2, 0.25) is 0 Å². The van der Waals surface area contributed by atoms with Crippen LogP contribution in [0.1, 0.15) is 61.7 Å². The highest BCUT2D eigenvalue weighted by molar-refractivity contribution is 6.02. The van der Waals surface area contributed by atoms with E-state index in [1.165, 1.54) is 0 Å². The van der Waals surface area contributed by atoms with Crippen LogP contribution in [-0.4, -0.2) is 62.2 Å². The number of alkyl halides is 2. The molecule has 0 radical (unpaired) electrons. The minimum absolute atomic E-state index is 0.0560. The van der Waals surface area contributed by atoms with Crippen molar-refractivity contribution in [2.24, 2.45) is 5.92 Å². The summed E-state index contributed by atoms with van der Waals surface area (Å²) in [6, 6.07) is 4.04. The first-order chi connectivity index (χ1) is 18.9. The topological polar surface area (TPSA) is 109 Å². The lowest BCUT2D eigenvalue weighted by atomic mass is 9.87. The van der Waals surface area contributed by atoms with E-state index >= 15 is 0 Å². The summed E-state index contributed by atoms with van der Waals surface area (Å²) >= 11 is 0. The SMILES string of the molecule is CO[C@H]1CC[C@H](NC(=O)c2cnn3ccc(-c4c[nH]c5nc(NCC6CCC(F)(F)CC6)ncc45)cc23)CC1. The number of nitrogens with zero attached hydrogens (tertiary/aromatic N) is 4. The number of H-pyrrole nitrogens is 1. The molecule has 4 heterocycles. The van der Waals surface area contributed by atoms with E-state index in [1.54, 1.807) is 24.0 Å². The maximum atomic E-state index is 13.4. The first-order valence-corrected chi connectivity index (χ1v) is 13.7. The van der Waals surface area contributed by atoms with E-state index < -0.39 is 5.92 Å². The van der Waals surface area contributed by atoms with Crippen molar-refractivity contribution < 1.29 is 18.3 Å². The zero-order valence-electron chi connectivity index (χ0n) is 21.9. The number of anilines is 1. The molecule has 0 saturated heterocycles. The van der Waals surface area contributed by atoms with Crippen molar-refractivity contribution in [1.82, 2.24) is 29.9 Å². The van der Waals surface area contributed by atoms with Gasteiger partial charge in [-0.1, -0.05) is 0 Å². The summed E-state index contributed by atoms with van der Waals surface area (Å²) in [5, 5.41) is 11.6. The highest BCUT2D eigenvalue weighted by Gasteiger charge is 2.34. The standard InChI is InChI=1S/C28H33F2N7O2/c1-39-20-4-2-19(3-5-20)35-26(38)23-16-34-37-11-8-18(12-24(23)37)21-14-31-25-22(21)15-33-27(36-25)32-13-17-6-9-28(29,30)10-7-17/h8,11-12,14-17,19-20H,2-7,9-10,13H2,1H3,(H,35,38)(H2,31,32,33,36)/t19-,20-. The van der Waals surface area contributed by atoms with Crippen molar-refractivity contribution >= 4 is 28.4 Å². The molecule has 0 aliphatic heterocycles. The van der Waals surface area contributed by atoms with E-state index in [0.717, 1.165) is 47.7 Å². The number of fused-ring (bicyclic) bond motifs is 2. The summed E-state index contributed by atoms with van der Waals surface area (Å²) in [4.78, 5) is 25.4. The molecule has 1 amide bonds. The highest BCUT2D eigenvalue weighted by Crippen LogP contribution is 2.36. The number of hydrogen-bond donors (Lipinski definition) is 3. The van der Waals surface area contributed by atoms with Gasteiger partial charge in [0.1, 0.15) is 5.65 Å². The van der Waals surface area contributed by atoms with Crippen molar-refractivity contribution in [3.05, 3.63) is 42.5 Å². The molecule has 4 aromatic rings. The number of methoxy groups -OCH3 is 1. The van der Waals surface area contributed by atoms with Gasteiger partial charge in [0.05, 0.1) is 23.4 Å². The van der Waals surface area contributed by atoms with E-state index in [4.69, 9.17) is 4.74 Å².